The van der Waals surface area contributed by atoms with Crippen LogP contribution in [-0.4, -0.2) is 54.7 Å². The van der Waals surface area contributed by atoms with Gasteiger partial charge in [-0.2, -0.15) is 0 Å². The van der Waals surface area contributed by atoms with Crippen molar-refractivity contribution in [1.29, 1.82) is 0 Å². The van der Waals surface area contributed by atoms with E-state index in [9.17, 15) is 5.11 Å². The molecule has 1 saturated heterocycles. The van der Waals surface area contributed by atoms with Gasteiger partial charge in [0.05, 0.1) is 5.60 Å². The van der Waals surface area contributed by atoms with Crippen LogP contribution in [0.5, 0.6) is 0 Å². The number of nitrogens with zero attached hydrogens (tertiary/aromatic N) is 2. The maximum absolute atomic E-state index is 11.5. The summed E-state index contributed by atoms with van der Waals surface area (Å²) in [5.74, 6) is 0.153. The molecule has 1 aliphatic rings. The van der Waals surface area contributed by atoms with Gasteiger partial charge in [0.15, 0.2) is 0 Å². The summed E-state index contributed by atoms with van der Waals surface area (Å²) >= 11 is 0. The van der Waals surface area contributed by atoms with Gasteiger partial charge in [0.25, 0.3) is 0 Å². The number of piperazine rings is 1. The van der Waals surface area contributed by atoms with Crippen molar-refractivity contribution in [2.75, 3.05) is 39.8 Å². The van der Waals surface area contributed by atoms with Crippen LogP contribution in [0.25, 0.3) is 0 Å². The van der Waals surface area contributed by atoms with Gasteiger partial charge in [-0.25, -0.2) is 0 Å². The maximum Gasteiger partial charge on any atom is 0.0911 e. The fourth-order valence-corrected chi connectivity index (χ4v) is 3.69. The minimum atomic E-state index is -0.847. The van der Waals surface area contributed by atoms with E-state index in [-0.39, 0.29) is 30.7 Å². The number of likely N-dealkylation sites (N-methyl/N-ethyl adjacent to an activating group) is 1. The lowest BCUT2D eigenvalue weighted by atomic mass is 9.79. The zero-order chi connectivity index (χ0) is 17.7. The lowest BCUT2D eigenvalue weighted by molar-refractivity contribution is -0.0254. The lowest BCUT2D eigenvalue weighted by Gasteiger charge is -2.40. The molecule has 0 radical (unpaired) electrons. The molecule has 3 nitrogen and oxygen atoms in total. The Kier molecular flexibility index (Phi) is 9.78. The molecule has 2 unspecified atom stereocenters. The molecular formula is C22H32Cl2N2O. The predicted octanol–water partition coefficient (Wildman–Crippen LogP) is 3.84. The van der Waals surface area contributed by atoms with Crippen molar-refractivity contribution in [2.45, 2.75) is 18.9 Å². The van der Waals surface area contributed by atoms with Gasteiger partial charge in [-0.15, -0.1) is 24.8 Å². The van der Waals surface area contributed by atoms with E-state index < -0.39 is 5.60 Å². The van der Waals surface area contributed by atoms with E-state index in [2.05, 4.69) is 41.1 Å². The summed E-state index contributed by atoms with van der Waals surface area (Å²) < 4.78 is 0. The second-order valence-electron chi connectivity index (χ2n) is 7.50. The monoisotopic (exact) mass is 410 g/mol. The molecule has 0 spiro atoms. The molecule has 27 heavy (non-hydrogen) atoms. The predicted molar refractivity (Wildman–Crippen MR) is 118 cm³/mol. The first-order valence-corrected chi connectivity index (χ1v) is 9.28. The van der Waals surface area contributed by atoms with Crippen LogP contribution in [0.4, 0.5) is 0 Å². The van der Waals surface area contributed by atoms with E-state index >= 15 is 0 Å². The fourth-order valence-electron chi connectivity index (χ4n) is 3.69. The van der Waals surface area contributed by atoms with Gasteiger partial charge in [0, 0.05) is 38.6 Å². The second kappa shape index (κ2) is 11.0. The smallest absolute Gasteiger partial charge is 0.0911 e. The number of aliphatic hydroxyl groups is 1. The van der Waals surface area contributed by atoms with E-state index in [1.807, 2.05) is 43.3 Å². The van der Waals surface area contributed by atoms with Crippen molar-refractivity contribution in [3.63, 3.8) is 0 Å². The summed E-state index contributed by atoms with van der Waals surface area (Å²) in [5, 5.41) is 11.5. The van der Waals surface area contributed by atoms with Crippen molar-refractivity contribution < 1.29 is 5.11 Å². The van der Waals surface area contributed by atoms with Crippen LogP contribution in [0.2, 0.25) is 0 Å². The number of hydrogen-bond acceptors (Lipinski definition) is 3. The van der Waals surface area contributed by atoms with Gasteiger partial charge >= 0.3 is 0 Å². The molecule has 150 valence electrons. The van der Waals surface area contributed by atoms with Crippen LogP contribution >= 0.6 is 24.8 Å². The summed E-state index contributed by atoms with van der Waals surface area (Å²) in [4.78, 5) is 4.88. The first-order valence-electron chi connectivity index (χ1n) is 9.28. The molecule has 1 fully saturated rings. The Morgan fingerprint density at radius 1 is 0.889 bits per heavy atom. The lowest BCUT2D eigenvalue weighted by Crippen LogP contribution is -2.49. The number of halogens is 2. The molecule has 0 saturated carbocycles. The summed E-state index contributed by atoms with van der Waals surface area (Å²) in [6.07, 6.45) is 0.884. The molecule has 1 aliphatic heterocycles. The van der Waals surface area contributed by atoms with Crippen molar-refractivity contribution in [3.05, 3.63) is 71.8 Å². The molecule has 0 bridgehead atoms. The average Bonchev–Trinajstić information content (AvgIpc) is 2.64. The quantitative estimate of drug-likeness (QED) is 0.783. The zero-order valence-corrected chi connectivity index (χ0v) is 17.9. The van der Waals surface area contributed by atoms with E-state index in [0.29, 0.717) is 0 Å². The molecular weight excluding hydrogens is 379 g/mol. The summed E-state index contributed by atoms with van der Waals surface area (Å²) in [5.41, 5.74) is 1.45. The molecule has 0 amide bonds. The summed E-state index contributed by atoms with van der Waals surface area (Å²) in [7, 11) is 2.18. The Hall–Kier alpha value is -1.10. The average molecular weight is 411 g/mol. The van der Waals surface area contributed by atoms with E-state index in [1.54, 1.807) is 0 Å². The highest BCUT2D eigenvalue weighted by atomic mass is 35.5. The molecule has 3 rings (SSSR count). The molecule has 2 aromatic carbocycles. The highest BCUT2D eigenvalue weighted by molar-refractivity contribution is 5.85. The SMILES string of the molecule is CN1CCN(CC(Cc2ccccc2)C(C)(O)c2ccccc2)CC1.Cl.Cl. The summed E-state index contributed by atoms with van der Waals surface area (Å²) in [6, 6.07) is 20.7. The Morgan fingerprint density at radius 2 is 1.41 bits per heavy atom. The molecule has 1 heterocycles. The van der Waals surface area contributed by atoms with Gasteiger partial charge in [-0.05, 0) is 31.5 Å². The molecule has 5 heteroatoms. The Labute approximate surface area is 176 Å². The third-order valence-electron chi connectivity index (χ3n) is 5.55. The van der Waals surface area contributed by atoms with Crippen molar-refractivity contribution in [3.8, 4) is 0 Å². The van der Waals surface area contributed by atoms with Crippen LogP contribution < -0.4 is 0 Å². The Bertz CT molecular complexity index is 644. The fraction of sp³-hybridized carbons (Fsp3) is 0.455. The molecule has 2 aromatic rings. The van der Waals surface area contributed by atoms with E-state index in [1.165, 1.54) is 5.56 Å². The minimum absolute atomic E-state index is 0. The van der Waals surface area contributed by atoms with Crippen molar-refractivity contribution in [2.24, 2.45) is 5.92 Å². The van der Waals surface area contributed by atoms with Crippen molar-refractivity contribution >= 4 is 24.8 Å². The van der Waals surface area contributed by atoms with Crippen LogP contribution in [0.3, 0.4) is 0 Å². The van der Waals surface area contributed by atoms with E-state index in [0.717, 1.165) is 44.7 Å². The number of rotatable bonds is 6. The van der Waals surface area contributed by atoms with Crippen LogP contribution in [0, 0.1) is 5.92 Å². The highest BCUT2D eigenvalue weighted by Gasteiger charge is 2.35. The topological polar surface area (TPSA) is 26.7 Å². The zero-order valence-electron chi connectivity index (χ0n) is 16.3. The van der Waals surface area contributed by atoms with Gasteiger partial charge in [-0.3, -0.25) is 0 Å². The highest BCUT2D eigenvalue weighted by Crippen LogP contribution is 2.32. The summed E-state index contributed by atoms with van der Waals surface area (Å²) in [6.45, 7) is 7.26. The van der Waals surface area contributed by atoms with Crippen LogP contribution in [0.1, 0.15) is 18.1 Å². The third kappa shape index (κ3) is 6.48. The molecule has 1 N–H and O–H groups in total. The van der Waals surface area contributed by atoms with Crippen molar-refractivity contribution in [1.82, 2.24) is 9.80 Å². The van der Waals surface area contributed by atoms with Gasteiger partial charge < -0.3 is 14.9 Å². The molecule has 2 atom stereocenters. The number of hydrogen-bond donors (Lipinski definition) is 1. The largest absolute Gasteiger partial charge is 0.385 e. The normalized spacial score (nSPS) is 18.6. The first kappa shape index (κ1) is 23.9. The molecule has 0 aromatic heterocycles. The maximum atomic E-state index is 11.5. The van der Waals surface area contributed by atoms with Crippen LogP contribution in [-0.2, 0) is 12.0 Å². The Morgan fingerprint density at radius 3 is 1.96 bits per heavy atom. The first-order chi connectivity index (χ1) is 12.1. The Balaban J connectivity index is 0.00000182. The minimum Gasteiger partial charge on any atom is -0.385 e. The van der Waals surface area contributed by atoms with Crippen LogP contribution in [0.15, 0.2) is 60.7 Å². The third-order valence-corrected chi connectivity index (χ3v) is 5.55. The standard InChI is InChI=1S/C22H30N2O.2ClH/c1-22(25,20-11-7-4-8-12-20)21(17-19-9-5-3-6-10-19)18-24-15-13-23(2)14-16-24;;/h3-12,21,25H,13-18H2,1-2H3;2*1H. The van der Waals surface area contributed by atoms with Gasteiger partial charge in [-0.1, -0.05) is 60.7 Å². The van der Waals surface area contributed by atoms with Gasteiger partial charge in [0.2, 0.25) is 0 Å². The number of benzene rings is 2. The van der Waals surface area contributed by atoms with E-state index in [4.69, 9.17) is 0 Å². The van der Waals surface area contributed by atoms with Gasteiger partial charge in [0.1, 0.15) is 0 Å². The second-order valence-corrected chi connectivity index (χ2v) is 7.50. The molecule has 0 aliphatic carbocycles.